The van der Waals surface area contributed by atoms with E-state index in [1.54, 1.807) is 6.08 Å². The van der Waals surface area contributed by atoms with Crippen LogP contribution in [0.4, 0.5) is 0 Å². The molecule has 0 radical (unpaired) electrons. The Bertz CT molecular complexity index is 2100. The van der Waals surface area contributed by atoms with E-state index in [0.717, 1.165) is 49.5 Å². The first-order chi connectivity index (χ1) is 30.3. The molecule has 8 saturated carbocycles. The summed E-state index contributed by atoms with van der Waals surface area (Å²) in [7, 11) is 0. The maximum atomic E-state index is 14.7. The van der Waals surface area contributed by atoms with Crippen molar-refractivity contribution in [1.29, 1.82) is 0 Å². The Morgan fingerprint density at radius 3 is 2.44 bits per heavy atom. The molecule has 10 aliphatic rings. The van der Waals surface area contributed by atoms with Crippen molar-refractivity contribution >= 4 is 12.3 Å². The molecule has 8 fully saturated rings. The predicted molar refractivity (Wildman–Crippen MR) is 234 cm³/mol. The van der Waals surface area contributed by atoms with Crippen LogP contribution in [0.5, 0.6) is 0 Å². The molecule has 10 heteroatoms. The van der Waals surface area contributed by atoms with Crippen molar-refractivity contribution in [2.24, 2.45) is 69.0 Å². The van der Waals surface area contributed by atoms with Crippen LogP contribution in [-0.2, 0) is 20.7 Å². The topological polar surface area (TPSA) is 177 Å². The van der Waals surface area contributed by atoms with Crippen molar-refractivity contribution in [2.75, 3.05) is 13.3 Å². The van der Waals surface area contributed by atoms with Gasteiger partial charge < -0.3 is 40.2 Å². The summed E-state index contributed by atoms with van der Waals surface area (Å²) < 4.78 is 6.27. The number of aliphatic hydroxyl groups excluding tert-OH is 3. The number of aliphatic hydroxyl groups is 6. The zero-order valence-electron chi connectivity index (χ0n) is 37.3. The Kier molecular flexibility index (Phi) is 10.2. The summed E-state index contributed by atoms with van der Waals surface area (Å²) in [5.74, 6) is 5.04. The molecule has 1 aromatic carbocycles. The molecule has 342 valence electrons. The molecular weight excluding hydrogens is 795 g/mol. The minimum Gasteiger partial charge on any atom is -0.454 e. The number of carbonyl (C=O) groups is 2. The summed E-state index contributed by atoms with van der Waals surface area (Å²) in [6.07, 6.45) is 14.4. The number of esters is 1. The molecule has 0 aromatic heterocycles. The van der Waals surface area contributed by atoms with Gasteiger partial charge in [0.1, 0.15) is 18.0 Å². The number of nitrogens with one attached hydrogen (secondary N) is 1. The second kappa shape index (κ2) is 14.9. The molecular formula is C53H71NO9. The summed E-state index contributed by atoms with van der Waals surface area (Å²) in [6.45, 7) is 1.71. The van der Waals surface area contributed by atoms with E-state index in [2.05, 4.69) is 30.1 Å². The lowest BCUT2D eigenvalue weighted by Gasteiger charge is -2.74. The summed E-state index contributed by atoms with van der Waals surface area (Å²) in [6, 6.07) is 7.66. The number of aldehydes is 1. The highest BCUT2D eigenvalue weighted by molar-refractivity contribution is 5.87. The van der Waals surface area contributed by atoms with E-state index in [1.807, 2.05) is 18.2 Å². The lowest BCUT2D eigenvalue weighted by molar-refractivity contribution is -0.358. The average Bonchev–Trinajstić information content (AvgIpc) is 4.08. The first kappa shape index (κ1) is 43.0. The molecule has 11 rings (SSSR count). The van der Waals surface area contributed by atoms with Crippen molar-refractivity contribution in [1.82, 2.24) is 5.32 Å². The summed E-state index contributed by atoms with van der Waals surface area (Å²) in [4.78, 5) is 28.4. The van der Waals surface area contributed by atoms with E-state index < -0.39 is 74.4 Å². The minimum absolute atomic E-state index is 0.0927. The van der Waals surface area contributed by atoms with Gasteiger partial charge in [-0.1, -0.05) is 75.5 Å². The van der Waals surface area contributed by atoms with Crippen LogP contribution in [0.25, 0.3) is 0 Å². The van der Waals surface area contributed by atoms with E-state index in [0.29, 0.717) is 75.2 Å². The number of hydrogen-bond donors (Lipinski definition) is 7. The Morgan fingerprint density at radius 2 is 1.70 bits per heavy atom. The standard InChI is InChI=1S/C53H71NO9/c1-32(33-10-2-3-11-33)35-15-16-40-46(59)47(18-8-9-19-47)28-48(29-55)43-17-21-49-20-7-6-13-34-12-4-5-14-36(34)23-42(54-31-57)39-24-37(50(49,30-56)41-25-44(58)63-45(39)41)27-52(49,61)51(43,60)26-38(22-35)53(40,48)62/h4-5,12,14,25,29,32-33,35,37-40,42-43,45-46,54,56-57,59-62H,2-3,7-11,15-24,26-28,30-31H2,1H3/t32-,35+,37+,38-,39-,40+,42-,43-,45+,46-,48+,49-,50-,51+,52-,53+/m1/s1. The molecule has 7 N–H and O–H groups in total. The van der Waals surface area contributed by atoms with Gasteiger partial charge >= 0.3 is 5.97 Å². The number of hydrogen-bond acceptors (Lipinski definition) is 10. The Labute approximate surface area is 373 Å². The molecule has 4 bridgehead atoms. The SMILES string of the molecule is C[C@H](C1CCCC1)[C@H]1CC[C@H]2[C@@H](O)C3(CCCC3)C[C@]3(C=O)[C@H]4CC[C@@]56CCC#Cc7ccccc7C[C@@H](NCO)[C@H]7C[C@@H](C[C@]5(O)[C@]4(O)C[C@@H](C1)[C@]23O)[C@]6(CO)C1=CC(=O)O[C@H]17. The quantitative estimate of drug-likeness (QED) is 0.0836. The molecule has 16 atom stereocenters. The van der Waals surface area contributed by atoms with Crippen LogP contribution in [0.3, 0.4) is 0 Å². The third kappa shape index (κ3) is 5.39. The van der Waals surface area contributed by atoms with Gasteiger partial charge in [0.2, 0.25) is 0 Å². The number of ether oxygens (including phenoxy) is 1. The second-order valence-corrected chi connectivity index (χ2v) is 23.1. The Morgan fingerprint density at radius 1 is 0.921 bits per heavy atom. The monoisotopic (exact) mass is 866 g/mol. The number of fused-ring (bicyclic) bond motifs is 7. The van der Waals surface area contributed by atoms with Gasteiger partial charge in [-0.05, 0) is 136 Å². The third-order valence-electron chi connectivity index (χ3n) is 21.7. The fourth-order valence-electron chi connectivity index (χ4n) is 19.2. The van der Waals surface area contributed by atoms with Gasteiger partial charge in [0, 0.05) is 52.7 Å². The van der Waals surface area contributed by atoms with Crippen LogP contribution < -0.4 is 5.32 Å². The van der Waals surface area contributed by atoms with Gasteiger partial charge in [-0.3, -0.25) is 5.32 Å². The molecule has 0 amide bonds. The molecule has 1 aliphatic heterocycles. The smallest absolute Gasteiger partial charge is 0.331 e. The van der Waals surface area contributed by atoms with E-state index in [4.69, 9.17) is 4.74 Å². The first-order valence-corrected chi connectivity index (χ1v) is 25.1. The lowest BCUT2D eigenvalue weighted by Crippen LogP contribution is -2.82. The van der Waals surface area contributed by atoms with Crippen LogP contribution in [0.15, 0.2) is 35.9 Å². The van der Waals surface area contributed by atoms with Gasteiger partial charge in [0.15, 0.2) is 0 Å². The summed E-state index contributed by atoms with van der Waals surface area (Å²) in [5.41, 5.74) is -7.00. The lowest BCUT2D eigenvalue weighted by atomic mass is 9.33. The predicted octanol–water partition coefficient (Wildman–Crippen LogP) is 5.52. The van der Waals surface area contributed by atoms with Gasteiger partial charge in [0.25, 0.3) is 0 Å². The van der Waals surface area contributed by atoms with Gasteiger partial charge in [-0.15, -0.1) is 0 Å². The largest absolute Gasteiger partial charge is 0.454 e. The zero-order chi connectivity index (χ0) is 43.8. The molecule has 10 nitrogen and oxygen atoms in total. The fourth-order valence-corrected chi connectivity index (χ4v) is 19.2. The van der Waals surface area contributed by atoms with E-state index in [-0.39, 0.29) is 50.0 Å². The number of benzene rings is 1. The molecule has 63 heavy (non-hydrogen) atoms. The van der Waals surface area contributed by atoms with Crippen LogP contribution in [0.2, 0.25) is 0 Å². The first-order valence-electron chi connectivity index (χ1n) is 25.1. The summed E-state index contributed by atoms with van der Waals surface area (Å²) in [5, 5.41) is 81.7. The maximum absolute atomic E-state index is 14.7. The van der Waals surface area contributed by atoms with Crippen LogP contribution in [0.1, 0.15) is 140 Å². The van der Waals surface area contributed by atoms with Crippen LogP contribution in [-0.4, -0.2) is 91.3 Å². The number of rotatable bonds is 6. The van der Waals surface area contributed by atoms with E-state index in [9.17, 15) is 40.2 Å². The highest BCUT2D eigenvalue weighted by atomic mass is 16.5. The maximum Gasteiger partial charge on any atom is 0.331 e. The minimum atomic E-state index is -1.85. The zero-order valence-corrected chi connectivity index (χ0v) is 37.3. The van der Waals surface area contributed by atoms with Crippen molar-refractivity contribution < 1.29 is 45.0 Å². The summed E-state index contributed by atoms with van der Waals surface area (Å²) >= 11 is 0. The Hall–Kier alpha value is -2.62. The molecule has 0 unspecified atom stereocenters. The third-order valence-corrected chi connectivity index (χ3v) is 21.7. The van der Waals surface area contributed by atoms with Gasteiger partial charge in [-0.25, -0.2) is 4.79 Å². The van der Waals surface area contributed by atoms with Crippen molar-refractivity contribution in [2.45, 2.75) is 170 Å². The highest BCUT2D eigenvalue weighted by Gasteiger charge is 2.86. The molecule has 2 spiro atoms. The van der Waals surface area contributed by atoms with E-state index in [1.165, 1.54) is 25.7 Å². The van der Waals surface area contributed by atoms with Crippen molar-refractivity contribution in [3.63, 3.8) is 0 Å². The van der Waals surface area contributed by atoms with E-state index >= 15 is 0 Å². The molecule has 1 aromatic rings. The van der Waals surface area contributed by atoms with Crippen LogP contribution >= 0.6 is 0 Å². The van der Waals surface area contributed by atoms with Crippen LogP contribution in [0, 0.1) is 80.8 Å². The van der Waals surface area contributed by atoms with Gasteiger partial charge in [-0.2, -0.15) is 0 Å². The fraction of sp³-hybridized carbons (Fsp3) is 0.774. The normalized spacial score (nSPS) is 48.7. The van der Waals surface area contributed by atoms with Gasteiger partial charge in [0.05, 0.1) is 36.1 Å². The van der Waals surface area contributed by atoms with Crippen molar-refractivity contribution in [3.8, 4) is 11.8 Å². The molecule has 1 heterocycles. The Balaban J connectivity index is 1.11. The van der Waals surface area contributed by atoms with Crippen molar-refractivity contribution in [3.05, 3.63) is 47.0 Å². The molecule has 9 aliphatic carbocycles. The second-order valence-electron chi connectivity index (χ2n) is 23.1. The molecule has 0 saturated heterocycles. The average molecular weight is 866 g/mol. The highest BCUT2D eigenvalue weighted by Crippen LogP contribution is 2.82. The number of carbonyl (C=O) groups excluding carboxylic acids is 2.